The molecule has 1 atom stereocenters. The van der Waals surface area contributed by atoms with Crippen LogP contribution in [0.3, 0.4) is 0 Å². The van der Waals surface area contributed by atoms with E-state index in [-0.39, 0.29) is 37.3 Å². The van der Waals surface area contributed by atoms with Gasteiger partial charge in [0.05, 0.1) is 10.0 Å². The average Bonchev–Trinajstić information content (AvgIpc) is 2.78. The van der Waals surface area contributed by atoms with Crippen LogP contribution in [0, 0.1) is 0 Å². The van der Waals surface area contributed by atoms with E-state index in [1.54, 1.807) is 43.6 Å². The van der Waals surface area contributed by atoms with Crippen LogP contribution in [0.5, 0.6) is 11.9 Å². The van der Waals surface area contributed by atoms with Gasteiger partial charge in [0.1, 0.15) is 25.8 Å². The fourth-order valence-electron chi connectivity index (χ4n) is 2.50. The number of halogens is 2. The van der Waals surface area contributed by atoms with Crippen LogP contribution >= 0.6 is 31.9 Å². The fraction of sp³-hybridized carbons (Fsp3) is 0.263. The molecule has 3 N–H and O–H groups in total. The molecule has 1 aromatic carbocycles. The van der Waals surface area contributed by atoms with Crippen molar-refractivity contribution in [3.05, 3.63) is 51.9 Å². The zero-order valence-electron chi connectivity index (χ0n) is 17.3. The summed E-state index contributed by atoms with van der Waals surface area (Å²) < 4.78 is 42.1. The number of nitrogens with zero attached hydrogens (tertiary/aromatic N) is 4. The van der Waals surface area contributed by atoms with Gasteiger partial charge in [-0.2, -0.15) is 13.1 Å². The third-order valence-electron chi connectivity index (χ3n) is 4.00. The van der Waals surface area contributed by atoms with Crippen molar-refractivity contribution in [1.29, 1.82) is 0 Å². The summed E-state index contributed by atoms with van der Waals surface area (Å²) in [5.41, 5.74) is 0.931. The predicted molar refractivity (Wildman–Crippen MR) is 128 cm³/mol. The van der Waals surface area contributed by atoms with Crippen molar-refractivity contribution in [2.24, 2.45) is 0 Å². The summed E-state index contributed by atoms with van der Waals surface area (Å²) in [5, 5.41) is 9.68. The lowest BCUT2D eigenvalue weighted by molar-refractivity contribution is 0.159. The second-order valence-corrected chi connectivity index (χ2v) is 9.72. The highest BCUT2D eigenvalue weighted by molar-refractivity contribution is 9.10. The van der Waals surface area contributed by atoms with Gasteiger partial charge in [-0.15, -0.1) is 0 Å². The van der Waals surface area contributed by atoms with Crippen molar-refractivity contribution >= 4 is 47.9 Å². The number of rotatable bonds is 11. The first kappa shape index (κ1) is 25.2. The summed E-state index contributed by atoms with van der Waals surface area (Å²) in [6.45, 7) is 1.84. The van der Waals surface area contributed by atoms with Crippen molar-refractivity contribution in [1.82, 2.24) is 24.7 Å². The summed E-state index contributed by atoms with van der Waals surface area (Å²) >= 11 is 6.62. The largest absolute Gasteiger partial charge is 0.473 e. The Morgan fingerprint density at radius 2 is 1.67 bits per heavy atom. The molecule has 14 heteroatoms. The number of benzene rings is 1. The van der Waals surface area contributed by atoms with Crippen LogP contribution in [-0.4, -0.2) is 52.9 Å². The van der Waals surface area contributed by atoms with E-state index >= 15 is 0 Å². The SMILES string of the molecule is CCC(O)NS(=O)(=O)Nc1ncnc(OCCOc2ncc(Br)cn2)c1-c1ccc(Br)cc1. The highest BCUT2D eigenvalue weighted by atomic mass is 79.9. The molecule has 11 nitrogen and oxygen atoms in total. The van der Waals surface area contributed by atoms with E-state index < -0.39 is 16.4 Å². The van der Waals surface area contributed by atoms with E-state index in [1.807, 2.05) is 0 Å². The van der Waals surface area contributed by atoms with E-state index in [4.69, 9.17) is 9.47 Å². The monoisotopic (exact) mass is 602 g/mol. The smallest absolute Gasteiger partial charge is 0.316 e. The lowest BCUT2D eigenvalue weighted by Crippen LogP contribution is -2.38. The lowest BCUT2D eigenvalue weighted by atomic mass is 10.1. The Balaban J connectivity index is 1.82. The molecule has 0 radical (unpaired) electrons. The van der Waals surface area contributed by atoms with Gasteiger partial charge in [0, 0.05) is 16.9 Å². The van der Waals surface area contributed by atoms with E-state index in [9.17, 15) is 13.5 Å². The Morgan fingerprint density at radius 1 is 1.00 bits per heavy atom. The van der Waals surface area contributed by atoms with Gasteiger partial charge in [-0.3, -0.25) is 4.72 Å². The molecule has 0 saturated heterocycles. The zero-order valence-corrected chi connectivity index (χ0v) is 21.3. The second-order valence-electron chi connectivity index (χ2n) is 6.44. The zero-order chi connectivity index (χ0) is 23.8. The number of nitrogens with one attached hydrogen (secondary N) is 2. The van der Waals surface area contributed by atoms with E-state index in [0.717, 1.165) is 8.95 Å². The quantitative estimate of drug-likeness (QED) is 0.222. The Bertz CT molecular complexity index is 1170. The molecule has 3 aromatic rings. The van der Waals surface area contributed by atoms with Crippen molar-refractivity contribution in [3.8, 4) is 23.0 Å². The molecule has 3 rings (SSSR count). The maximum atomic E-state index is 12.4. The molecule has 0 aliphatic rings. The molecular formula is C19H20Br2N6O5S. The van der Waals surface area contributed by atoms with Crippen LogP contribution in [0.2, 0.25) is 0 Å². The normalized spacial score (nSPS) is 12.2. The topological polar surface area (TPSA) is 148 Å². The molecule has 33 heavy (non-hydrogen) atoms. The summed E-state index contributed by atoms with van der Waals surface area (Å²) in [6, 6.07) is 7.28. The Morgan fingerprint density at radius 3 is 2.33 bits per heavy atom. The van der Waals surface area contributed by atoms with Crippen molar-refractivity contribution < 1.29 is 23.0 Å². The van der Waals surface area contributed by atoms with Crippen molar-refractivity contribution in [3.63, 3.8) is 0 Å². The van der Waals surface area contributed by atoms with Crippen LogP contribution < -0.4 is 18.9 Å². The minimum absolute atomic E-state index is 0.0183. The molecule has 0 bridgehead atoms. The average molecular weight is 604 g/mol. The molecule has 2 aromatic heterocycles. The first-order chi connectivity index (χ1) is 15.8. The highest BCUT2D eigenvalue weighted by Crippen LogP contribution is 2.35. The van der Waals surface area contributed by atoms with E-state index in [2.05, 4.69) is 61.2 Å². The third kappa shape index (κ3) is 7.57. The van der Waals surface area contributed by atoms with Crippen LogP contribution in [0.25, 0.3) is 11.1 Å². The molecular weight excluding hydrogens is 584 g/mol. The van der Waals surface area contributed by atoms with Crippen molar-refractivity contribution in [2.75, 3.05) is 17.9 Å². The fourth-order valence-corrected chi connectivity index (χ4v) is 3.96. The number of aliphatic hydroxyl groups excluding tert-OH is 1. The van der Waals surface area contributed by atoms with Gasteiger partial charge in [-0.25, -0.2) is 19.9 Å². The molecule has 0 amide bonds. The lowest BCUT2D eigenvalue weighted by Gasteiger charge is -2.17. The van der Waals surface area contributed by atoms with Gasteiger partial charge in [0.15, 0.2) is 5.82 Å². The van der Waals surface area contributed by atoms with Crippen LogP contribution in [0.1, 0.15) is 13.3 Å². The van der Waals surface area contributed by atoms with E-state index in [1.165, 1.54) is 6.33 Å². The first-order valence-corrected chi connectivity index (χ1v) is 12.7. The van der Waals surface area contributed by atoms with Gasteiger partial charge in [-0.1, -0.05) is 35.0 Å². The number of anilines is 1. The van der Waals surface area contributed by atoms with Gasteiger partial charge < -0.3 is 14.6 Å². The standard InChI is InChI=1S/C19H20Br2N6O5S/c1-2-15(28)26-33(29,30)27-17-16(12-3-5-13(20)6-4-12)18(25-11-24-17)31-7-8-32-19-22-9-14(21)10-23-19/h3-6,9-11,15,26,28H,2,7-8H2,1H3,(H,24,25,27). The molecule has 0 fully saturated rings. The maximum Gasteiger partial charge on any atom is 0.316 e. The van der Waals surface area contributed by atoms with Gasteiger partial charge in [-0.05, 0) is 40.0 Å². The van der Waals surface area contributed by atoms with Gasteiger partial charge in [0.25, 0.3) is 0 Å². The summed E-state index contributed by atoms with van der Waals surface area (Å²) in [7, 11) is -4.12. The molecule has 0 aliphatic heterocycles. The summed E-state index contributed by atoms with van der Waals surface area (Å²) in [5.74, 6) is 0.122. The molecule has 0 saturated carbocycles. The number of hydrogen-bond acceptors (Lipinski definition) is 9. The third-order valence-corrected chi connectivity index (χ3v) is 5.99. The molecule has 1 unspecified atom stereocenters. The first-order valence-electron chi connectivity index (χ1n) is 9.59. The van der Waals surface area contributed by atoms with Gasteiger partial charge in [0.2, 0.25) is 5.88 Å². The molecule has 0 aliphatic carbocycles. The Labute approximate surface area is 207 Å². The number of hydrogen-bond donors (Lipinski definition) is 3. The Hall–Kier alpha value is -2.39. The highest BCUT2D eigenvalue weighted by Gasteiger charge is 2.21. The maximum absolute atomic E-state index is 12.4. The Kier molecular flexibility index (Phi) is 8.91. The number of ether oxygens (including phenoxy) is 2. The minimum atomic E-state index is -4.12. The van der Waals surface area contributed by atoms with Crippen LogP contribution in [0.4, 0.5) is 5.82 Å². The number of aliphatic hydroxyl groups is 1. The summed E-state index contributed by atoms with van der Waals surface area (Å²) in [6.07, 6.45) is 3.24. The second kappa shape index (κ2) is 11.7. The van der Waals surface area contributed by atoms with Crippen LogP contribution in [-0.2, 0) is 10.2 Å². The minimum Gasteiger partial charge on any atom is -0.473 e. The molecule has 2 heterocycles. The summed E-state index contributed by atoms with van der Waals surface area (Å²) in [4.78, 5) is 16.3. The van der Waals surface area contributed by atoms with Gasteiger partial charge >= 0.3 is 16.2 Å². The van der Waals surface area contributed by atoms with E-state index in [0.29, 0.717) is 11.1 Å². The van der Waals surface area contributed by atoms with Crippen molar-refractivity contribution in [2.45, 2.75) is 19.6 Å². The molecule has 176 valence electrons. The molecule has 0 spiro atoms. The number of aromatic nitrogens is 4. The predicted octanol–water partition coefficient (Wildman–Crippen LogP) is 2.89. The van der Waals surface area contributed by atoms with Crippen LogP contribution in [0.15, 0.2) is 51.9 Å².